The Morgan fingerprint density at radius 2 is 1.24 bits per heavy atom. The van der Waals surface area contributed by atoms with Crippen LogP contribution in [0.1, 0.15) is 20.7 Å². The van der Waals surface area contributed by atoms with Crippen LogP contribution in [0.3, 0.4) is 0 Å². The summed E-state index contributed by atoms with van der Waals surface area (Å²) in [6.07, 6.45) is 0. The highest BCUT2D eigenvalue weighted by molar-refractivity contribution is 6.30. The lowest BCUT2D eigenvalue weighted by Crippen LogP contribution is -2.30. The fourth-order valence-electron chi connectivity index (χ4n) is 3.61. The van der Waals surface area contributed by atoms with E-state index in [1.165, 1.54) is 12.1 Å². The highest BCUT2D eigenvalue weighted by Crippen LogP contribution is 2.38. The molecule has 2 N–H and O–H groups in total. The molecule has 160 valence electrons. The zero-order chi connectivity index (χ0) is 22.9. The van der Waals surface area contributed by atoms with Crippen LogP contribution < -0.4 is 16.2 Å². The molecule has 1 aliphatic rings. The van der Waals surface area contributed by atoms with Gasteiger partial charge in [-0.15, -0.1) is 0 Å². The molecule has 0 spiro atoms. The van der Waals surface area contributed by atoms with Gasteiger partial charge in [-0.05, 0) is 36.4 Å². The Labute approximate surface area is 192 Å². The molecule has 4 aromatic rings. The molecular formula is C26H16ClNO5+2. The monoisotopic (exact) mass is 457 g/mol. The maximum absolute atomic E-state index is 13.0. The van der Waals surface area contributed by atoms with Crippen molar-refractivity contribution in [1.82, 2.24) is 0 Å². The van der Waals surface area contributed by atoms with Gasteiger partial charge < -0.3 is 10.4 Å². The van der Waals surface area contributed by atoms with Crippen molar-refractivity contribution in [2.75, 3.05) is 5.32 Å². The number of benzene rings is 4. The van der Waals surface area contributed by atoms with Crippen molar-refractivity contribution >= 4 is 29.2 Å². The van der Waals surface area contributed by atoms with Crippen LogP contribution in [0.2, 0.25) is 5.02 Å². The number of carboxylic acids is 1. The minimum atomic E-state index is -1.27. The molecule has 0 fully saturated rings. The van der Waals surface area contributed by atoms with E-state index in [4.69, 9.17) is 20.5 Å². The molecule has 0 saturated heterocycles. The SMILES string of the molecule is O=C(O)c1cc2c(cc1C(=O)Nc1ccc(Cl)cc1)=[O+]c1ccccc1-c1ccccc1[O+]=2. The number of carboxylic acid groups (broad SMARTS) is 1. The van der Waals surface area contributed by atoms with Crippen LogP contribution in [0.5, 0.6) is 11.5 Å². The lowest BCUT2D eigenvalue weighted by atomic mass is 10.0. The van der Waals surface area contributed by atoms with E-state index in [-0.39, 0.29) is 22.0 Å². The van der Waals surface area contributed by atoms with E-state index < -0.39 is 11.9 Å². The zero-order valence-corrected chi connectivity index (χ0v) is 17.8. The number of nitrogens with one attached hydrogen (secondary N) is 1. The van der Waals surface area contributed by atoms with Crippen molar-refractivity contribution in [3.8, 4) is 22.6 Å². The van der Waals surface area contributed by atoms with Crippen LogP contribution in [-0.4, -0.2) is 17.0 Å². The van der Waals surface area contributed by atoms with Crippen molar-refractivity contribution in [2.24, 2.45) is 0 Å². The average Bonchev–Trinajstić information content (AvgIpc) is 2.81. The van der Waals surface area contributed by atoms with E-state index in [0.717, 1.165) is 11.1 Å². The Balaban J connectivity index is 1.73. The average molecular weight is 458 g/mol. The highest BCUT2D eigenvalue weighted by Gasteiger charge is 2.30. The number of carbonyl (C=O) groups excluding carboxylic acids is 1. The van der Waals surface area contributed by atoms with Gasteiger partial charge in [0.2, 0.25) is 0 Å². The third-order valence-corrected chi connectivity index (χ3v) is 5.42. The third-order valence-electron chi connectivity index (χ3n) is 5.17. The summed E-state index contributed by atoms with van der Waals surface area (Å²) in [7, 11) is 0. The van der Waals surface area contributed by atoms with Gasteiger partial charge in [0.1, 0.15) is 0 Å². The van der Waals surface area contributed by atoms with Crippen molar-refractivity contribution in [1.29, 1.82) is 0 Å². The zero-order valence-electron chi connectivity index (χ0n) is 17.0. The van der Waals surface area contributed by atoms with Crippen LogP contribution in [0.25, 0.3) is 11.1 Å². The van der Waals surface area contributed by atoms with Crippen LogP contribution >= 0.6 is 11.6 Å². The summed E-state index contributed by atoms with van der Waals surface area (Å²) in [5.41, 5.74) is 2.24. The van der Waals surface area contributed by atoms with Crippen LogP contribution in [0.15, 0.2) is 93.8 Å². The molecule has 6 nitrogen and oxygen atoms in total. The lowest BCUT2D eigenvalue weighted by molar-refractivity contribution is 0.0692. The van der Waals surface area contributed by atoms with E-state index in [9.17, 15) is 14.7 Å². The van der Waals surface area contributed by atoms with Gasteiger partial charge >= 0.3 is 28.3 Å². The van der Waals surface area contributed by atoms with Crippen molar-refractivity contribution in [3.05, 3.63) is 121 Å². The molecule has 33 heavy (non-hydrogen) atoms. The summed E-state index contributed by atoms with van der Waals surface area (Å²) in [4.78, 5) is 25.0. The maximum atomic E-state index is 13.0. The summed E-state index contributed by atoms with van der Waals surface area (Å²) in [5, 5.41) is 13.0. The van der Waals surface area contributed by atoms with E-state index in [0.29, 0.717) is 22.2 Å². The fourth-order valence-corrected chi connectivity index (χ4v) is 3.74. The summed E-state index contributed by atoms with van der Waals surface area (Å²) in [6, 6.07) is 24.0. The minimum absolute atomic E-state index is 0.0638. The molecule has 1 heterocycles. The Hall–Kier alpha value is -4.29. The molecule has 0 saturated carbocycles. The summed E-state index contributed by atoms with van der Waals surface area (Å²) in [5.74, 6) is -0.763. The molecule has 0 radical (unpaired) electrons. The maximum Gasteiger partial charge on any atom is 0.457 e. The quantitative estimate of drug-likeness (QED) is 0.283. The van der Waals surface area contributed by atoms with Crippen molar-refractivity contribution < 1.29 is 14.7 Å². The number of hydrogen-bond acceptors (Lipinski definition) is 2. The summed E-state index contributed by atoms with van der Waals surface area (Å²) in [6.45, 7) is 0. The first kappa shape index (κ1) is 20.6. The summed E-state index contributed by atoms with van der Waals surface area (Å²) >= 11 is 5.90. The Kier molecular flexibility index (Phi) is 5.20. The molecule has 5 rings (SSSR count). The number of amides is 1. The van der Waals surface area contributed by atoms with Crippen LogP contribution in [-0.2, 0) is 0 Å². The second kappa shape index (κ2) is 8.33. The van der Waals surface area contributed by atoms with Gasteiger partial charge in [0.15, 0.2) is 0 Å². The van der Waals surface area contributed by atoms with E-state index >= 15 is 0 Å². The van der Waals surface area contributed by atoms with Gasteiger partial charge in [-0.2, -0.15) is 8.85 Å². The standard InChI is InChI=1S/C26H14ClNO5/c27-15-9-11-16(12-10-15)28-25(29)19-13-23-24(14-20(19)26(30)31)33-22-8-4-2-6-18(22)17-5-1-3-7-21(17)32-23/h1-14H/p+2. The molecule has 4 aromatic carbocycles. The number of fused-ring (bicyclic) bond motifs is 4. The first-order valence-electron chi connectivity index (χ1n) is 10.0. The Morgan fingerprint density at radius 3 is 1.79 bits per heavy atom. The molecule has 1 aliphatic heterocycles. The number of hydrogen-bond donors (Lipinski definition) is 2. The van der Waals surface area contributed by atoms with Crippen LogP contribution in [0.4, 0.5) is 5.69 Å². The topological polar surface area (TPSA) is 89.0 Å². The number of halogens is 1. The van der Waals surface area contributed by atoms with Gasteiger partial charge in [0, 0.05) is 22.8 Å². The van der Waals surface area contributed by atoms with E-state index in [1.54, 1.807) is 36.4 Å². The minimum Gasteiger partial charge on any atom is -0.478 e. The molecule has 0 unspecified atom stereocenters. The van der Waals surface area contributed by atoms with Gasteiger partial charge in [-0.1, -0.05) is 35.9 Å². The van der Waals surface area contributed by atoms with E-state index in [1.807, 2.05) is 36.4 Å². The molecule has 7 heteroatoms. The second-order valence-electron chi connectivity index (χ2n) is 7.31. The Morgan fingerprint density at radius 1 is 0.727 bits per heavy atom. The number of para-hydroxylation sites is 2. The molecule has 1 amide bonds. The van der Waals surface area contributed by atoms with Gasteiger partial charge in [-0.3, -0.25) is 4.79 Å². The van der Waals surface area contributed by atoms with Crippen LogP contribution in [0, 0.1) is 0 Å². The second-order valence-corrected chi connectivity index (χ2v) is 7.74. The predicted octanol–water partition coefficient (Wildman–Crippen LogP) is 5.33. The molecular weight excluding hydrogens is 442 g/mol. The normalized spacial score (nSPS) is 11.4. The number of aromatic carboxylic acids is 1. The Bertz CT molecular complexity index is 1540. The molecule has 0 atom stereocenters. The fraction of sp³-hybridized carbons (Fsp3) is 0. The van der Waals surface area contributed by atoms with Crippen molar-refractivity contribution in [3.63, 3.8) is 0 Å². The third kappa shape index (κ3) is 4.00. The summed E-state index contributed by atoms with van der Waals surface area (Å²) < 4.78 is 12.2. The van der Waals surface area contributed by atoms with Gasteiger partial charge in [-0.25, -0.2) is 4.79 Å². The van der Waals surface area contributed by atoms with Gasteiger partial charge in [0.05, 0.1) is 34.4 Å². The number of anilines is 1. The smallest absolute Gasteiger partial charge is 0.457 e. The van der Waals surface area contributed by atoms with Crippen molar-refractivity contribution in [2.45, 2.75) is 0 Å². The highest BCUT2D eigenvalue weighted by atomic mass is 35.5. The predicted molar refractivity (Wildman–Crippen MR) is 127 cm³/mol. The largest absolute Gasteiger partial charge is 0.478 e. The first-order chi connectivity index (χ1) is 16.0. The number of carbonyl (C=O) groups is 2. The van der Waals surface area contributed by atoms with E-state index in [2.05, 4.69) is 5.32 Å². The molecule has 0 aromatic heterocycles. The number of rotatable bonds is 3. The molecule has 0 aliphatic carbocycles. The van der Waals surface area contributed by atoms with Gasteiger partial charge in [0.25, 0.3) is 5.91 Å². The molecule has 0 bridgehead atoms. The first-order valence-corrected chi connectivity index (χ1v) is 10.4. The lowest BCUT2D eigenvalue weighted by Gasteiger charge is -2.06.